The lowest BCUT2D eigenvalue weighted by atomic mass is 10.1. The molecule has 2 aromatic rings. The highest BCUT2D eigenvalue weighted by Gasteiger charge is 2.06. The summed E-state index contributed by atoms with van der Waals surface area (Å²) in [6, 6.07) is 12.2. The average molecular weight is 329 g/mol. The summed E-state index contributed by atoms with van der Waals surface area (Å²) in [6.45, 7) is 6.98. The van der Waals surface area contributed by atoms with E-state index in [1.165, 1.54) is 16.7 Å². The Balaban J connectivity index is 2.20. The Kier molecular flexibility index (Phi) is 4.46. The van der Waals surface area contributed by atoms with Crippen LogP contribution in [0.25, 0.3) is 0 Å². The van der Waals surface area contributed by atoms with Gasteiger partial charge in [-0.2, -0.15) is 5.26 Å². The minimum absolute atomic E-state index is 0.707. The molecule has 3 heteroatoms. The van der Waals surface area contributed by atoms with E-state index < -0.39 is 0 Å². The molecule has 0 aliphatic rings. The number of hydrogen-bond acceptors (Lipinski definition) is 2. The molecule has 0 radical (unpaired) electrons. The predicted molar refractivity (Wildman–Crippen MR) is 86.8 cm³/mol. The van der Waals surface area contributed by atoms with E-state index in [-0.39, 0.29) is 0 Å². The lowest BCUT2D eigenvalue weighted by Crippen LogP contribution is -2.04. The Bertz CT molecular complexity index is 661. The number of nitrogens with one attached hydrogen (secondary N) is 1. The van der Waals surface area contributed by atoms with Crippen LogP contribution in [0.15, 0.2) is 34.8 Å². The first-order valence-electron chi connectivity index (χ1n) is 6.51. The number of aryl methyl sites for hydroxylation is 3. The van der Waals surface area contributed by atoms with Gasteiger partial charge < -0.3 is 5.32 Å². The van der Waals surface area contributed by atoms with E-state index >= 15 is 0 Å². The summed E-state index contributed by atoms with van der Waals surface area (Å²) in [5.74, 6) is 0. The quantitative estimate of drug-likeness (QED) is 0.873. The molecular formula is C17H17BrN2. The first-order chi connectivity index (χ1) is 9.51. The second-order valence-electron chi connectivity index (χ2n) is 5.05. The number of nitrogens with zero attached hydrogens (tertiary/aromatic N) is 1. The summed E-state index contributed by atoms with van der Waals surface area (Å²) in [7, 11) is 0. The Morgan fingerprint density at radius 1 is 1.10 bits per heavy atom. The Morgan fingerprint density at radius 3 is 2.45 bits per heavy atom. The van der Waals surface area contributed by atoms with Gasteiger partial charge in [-0.3, -0.25) is 0 Å². The van der Waals surface area contributed by atoms with Gasteiger partial charge in [-0.1, -0.05) is 12.1 Å². The predicted octanol–water partition coefficient (Wildman–Crippen LogP) is 4.86. The van der Waals surface area contributed by atoms with Gasteiger partial charge in [0.05, 0.1) is 17.3 Å². The first kappa shape index (κ1) is 14.6. The van der Waals surface area contributed by atoms with Crippen molar-refractivity contribution in [2.75, 3.05) is 5.32 Å². The van der Waals surface area contributed by atoms with Crippen LogP contribution in [0, 0.1) is 32.1 Å². The van der Waals surface area contributed by atoms with Gasteiger partial charge in [0.25, 0.3) is 0 Å². The van der Waals surface area contributed by atoms with E-state index in [2.05, 4.69) is 53.3 Å². The maximum Gasteiger partial charge on any atom is 0.0991 e. The van der Waals surface area contributed by atoms with Crippen LogP contribution in [-0.2, 0) is 6.54 Å². The van der Waals surface area contributed by atoms with Crippen molar-refractivity contribution >= 4 is 21.6 Å². The molecule has 0 unspecified atom stereocenters. The summed E-state index contributed by atoms with van der Waals surface area (Å²) in [5, 5.41) is 12.4. The summed E-state index contributed by atoms with van der Waals surface area (Å²) in [4.78, 5) is 0. The van der Waals surface area contributed by atoms with Gasteiger partial charge in [0, 0.05) is 11.0 Å². The van der Waals surface area contributed by atoms with E-state index in [9.17, 15) is 0 Å². The van der Waals surface area contributed by atoms with Crippen LogP contribution in [-0.4, -0.2) is 0 Å². The molecule has 0 amide bonds. The van der Waals surface area contributed by atoms with Crippen molar-refractivity contribution in [2.45, 2.75) is 27.3 Å². The Labute approximate surface area is 128 Å². The molecule has 0 heterocycles. The second-order valence-corrected chi connectivity index (χ2v) is 5.90. The third-order valence-electron chi connectivity index (χ3n) is 3.36. The molecule has 0 aliphatic heterocycles. The summed E-state index contributed by atoms with van der Waals surface area (Å²) < 4.78 is 1.08. The van der Waals surface area contributed by atoms with Gasteiger partial charge in [-0.05, 0) is 77.2 Å². The van der Waals surface area contributed by atoms with Crippen molar-refractivity contribution in [3.05, 3.63) is 62.6 Å². The number of rotatable bonds is 3. The standard InChI is InChI=1S/C17H17BrN2/c1-11-6-13(3)17(16(18)7-11)20-10-15-5-4-14(9-19)8-12(15)2/h4-8,20H,10H2,1-3H3. The van der Waals surface area contributed by atoms with Gasteiger partial charge in [0.1, 0.15) is 0 Å². The Morgan fingerprint density at radius 2 is 1.85 bits per heavy atom. The van der Waals surface area contributed by atoms with Crippen molar-refractivity contribution in [3.63, 3.8) is 0 Å². The van der Waals surface area contributed by atoms with E-state index in [0.29, 0.717) is 5.56 Å². The van der Waals surface area contributed by atoms with Crippen LogP contribution in [0.5, 0.6) is 0 Å². The van der Waals surface area contributed by atoms with Gasteiger partial charge in [-0.15, -0.1) is 0 Å². The number of hydrogen-bond donors (Lipinski definition) is 1. The molecule has 1 N–H and O–H groups in total. The smallest absolute Gasteiger partial charge is 0.0991 e. The molecule has 0 fully saturated rings. The molecule has 0 spiro atoms. The van der Waals surface area contributed by atoms with Crippen molar-refractivity contribution < 1.29 is 0 Å². The summed E-state index contributed by atoms with van der Waals surface area (Å²) >= 11 is 3.61. The van der Waals surface area contributed by atoms with Crippen LogP contribution in [0.1, 0.15) is 27.8 Å². The molecule has 0 saturated carbocycles. The molecule has 20 heavy (non-hydrogen) atoms. The normalized spacial score (nSPS) is 10.2. The van der Waals surface area contributed by atoms with Crippen molar-refractivity contribution in [3.8, 4) is 6.07 Å². The van der Waals surface area contributed by atoms with Gasteiger partial charge in [0.2, 0.25) is 0 Å². The van der Waals surface area contributed by atoms with E-state index in [0.717, 1.165) is 22.3 Å². The first-order valence-corrected chi connectivity index (χ1v) is 7.31. The summed E-state index contributed by atoms with van der Waals surface area (Å²) in [5.41, 5.74) is 6.64. The fourth-order valence-corrected chi connectivity index (χ4v) is 3.10. The van der Waals surface area contributed by atoms with E-state index in [1.54, 1.807) is 0 Å². The monoisotopic (exact) mass is 328 g/mol. The van der Waals surface area contributed by atoms with Gasteiger partial charge in [-0.25, -0.2) is 0 Å². The van der Waals surface area contributed by atoms with Gasteiger partial charge in [0.15, 0.2) is 0 Å². The molecule has 2 nitrogen and oxygen atoms in total. The number of benzene rings is 2. The highest BCUT2D eigenvalue weighted by atomic mass is 79.9. The highest BCUT2D eigenvalue weighted by Crippen LogP contribution is 2.28. The third kappa shape index (κ3) is 3.20. The van der Waals surface area contributed by atoms with E-state index in [4.69, 9.17) is 5.26 Å². The Hall–Kier alpha value is -1.79. The fraction of sp³-hybridized carbons (Fsp3) is 0.235. The lowest BCUT2D eigenvalue weighted by molar-refractivity contribution is 1.10. The molecule has 0 atom stereocenters. The highest BCUT2D eigenvalue weighted by molar-refractivity contribution is 9.10. The van der Waals surface area contributed by atoms with Crippen LogP contribution < -0.4 is 5.32 Å². The zero-order chi connectivity index (χ0) is 14.7. The molecule has 2 rings (SSSR count). The molecule has 0 aromatic heterocycles. The van der Waals surface area contributed by atoms with E-state index in [1.807, 2.05) is 25.1 Å². The number of halogens is 1. The molecule has 2 aromatic carbocycles. The van der Waals surface area contributed by atoms with Gasteiger partial charge >= 0.3 is 0 Å². The van der Waals surface area contributed by atoms with Crippen molar-refractivity contribution in [1.82, 2.24) is 0 Å². The largest absolute Gasteiger partial charge is 0.380 e. The molecule has 0 saturated heterocycles. The van der Waals surface area contributed by atoms with Crippen LogP contribution in [0.3, 0.4) is 0 Å². The van der Waals surface area contributed by atoms with Crippen molar-refractivity contribution in [1.29, 1.82) is 5.26 Å². The average Bonchev–Trinajstić information content (AvgIpc) is 2.39. The molecule has 0 aliphatic carbocycles. The molecular weight excluding hydrogens is 312 g/mol. The maximum absolute atomic E-state index is 8.89. The fourth-order valence-electron chi connectivity index (χ4n) is 2.29. The molecule has 102 valence electrons. The maximum atomic E-state index is 8.89. The van der Waals surface area contributed by atoms with Crippen LogP contribution >= 0.6 is 15.9 Å². The third-order valence-corrected chi connectivity index (χ3v) is 3.98. The topological polar surface area (TPSA) is 35.8 Å². The number of anilines is 1. The SMILES string of the molecule is Cc1cc(C)c(NCc2ccc(C#N)cc2C)c(Br)c1. The lowest BCUT2D eigenvalue weighted by Gasteiger charge is -2.14. The van der Waals surface area contributed by atoms with Crippen LogP contribution in [0.4, 0.5) is 5.69 Å². The van der Waals surface area contributed by atoms with Crippen molar-refractivity contribution in [2.24, 2.45) is 0 Å². The summed E-state index contributed by atoms with van der Waals surface area (Å²) in [6.07, 6.45) is 0. The minimum Gasteiger partial charge on any atom is -0.380 e. The second kappa shape index (κ2) is 6.11. The zero-order valence-electron chi connectivity index (χ0n) is 11.9. The minimum atomic E-state index is 0.707. The molecule has 0 bridgehead atoms. The number of nitriles is 1. The zero-order valence-corrected chi connectivity index (χ0v) is 13.5. The van der Waals surface area contributed by atoms with Crippen LogP contribution in [0.2, 0.25) is 0 Å².